The minimum atomic E-state index is -2.06. The normalized spacial score (nSPS) is 12.9. The second-order valence-corrected chi connectivity index (χ2v) is 6.52. The Hall–Kier alpha value is -0.630. The van der Waals surface area contributed by atoms with Gasteiger partial charge in [-0.3, -0.25) is 4.21 Å². The molecule has 0 fully saturated rings. The fourth-order valence-corrected chi connectivity index (χ4v) is 2.83. The van der Waals surface area contributed by atoms with Gasteiger partial charge in [-0.2, -0.15) is 0 Å². The van der Waals surface area contributed by atoms with Crippen molar-refractivity contribution >= 4 is 9.93 Å². The van der Waals surface area contributed by atoms with Crippen LogP contribution in [0.2, 0.25) is 0 Å². The molecule has 0 heterocycles. The van der Waals surface area contributed by atoms with E-state index in [4.69, 9.17) is 0 Å². The van der Waals surface area contributed by atoms with Crippen LogP contribution in [0, 0.1) is 6.92 Å². The van der Waals surface area contributed by atoms with Crippen molar-refractivity contribution in [3.05, 3.63) is 29.8 Å². The zero-order valence-electron chi connectivity index (χ0n) is 7.87. The lowest BCUT2D eigenvalue weighted by Gasteiger charge is -2.18. The SMILES string of the molecule is CC[SH](C)(=O)c1ccccc1C. The highest BCUT2D eigenvalue weighted by atomic mass is 32.2. The molecule has 0 saturated carbocycles. The van der Waals surface area contributed by atoms with E-state index in [1.54, 1.807) is 0 Å². The van der Waals surface area contributed by atoms with E-state index in [0.29, 0.717) is 0 Å². The summed E-state index contributed by atoms with van der Waals surface area (Å²) in [6.07, 6.45) is 1.86. The molecule has 0 amide bonds. The molecule has 0 aliphatic heterocycles. The van der Waals surface area contributed by atoms with Crippen LogP contribution in [-0.4, -0.2) is 16.2 Å². The summed E-state index contributed by atoms with van der Waals surface area (Å²) in [5, 5.41) is 0. The number of thiol groups is 1. The summed E-state index contributed by atoms with van der Waals surface area (Å²) in [7, 11) is -2.06. The maximum atomic E-state index is 12.0. The van der Waals surface area contributed by atoms with Crippen molar-refractivity contribution in [2.24, 2.45) is 0 Å². The summed E-state index contributed by atoms with van der Waals surface area (Å²) < 4.78 is 12.0. The molecule has 0 spiro atoms. The second kappa shape index (κ2) is 3.40. The number of rotatable bonds is 2. The molecule has 1 rings (SSSR count). The first-order valence-electron chi connectivity index (χ1n) is 4.20. The molecule has 0 unspecified atom stereocenters. The van der Waals surface area contributed by atoms with Gasteiger partial charge < -0.3 is 0 Å². The number of hydrogen-bond donors (Lipinski definition) is 1. The van der Waals surface area contributed by atoms with Gasteiger partial charge in [0.1, 0.15) is 0 Å². The van der Waals surface area contributed by atoms with Gasteiger partial charge in [0.2, 0.25) is 0 Å². The van der Waals surface area contributed by atoms with Crippen molar-refractivity contribution in [1.82, 2.24) is 0 Å². The molecule has 0 aromatic heterocycles. The third-order valence-corrected chi connectivity index (χ3v) is 4.96. The molecule has 0 N–H and O–H groups in total. The lowest BCUT2D eigenvalue weighted by atomic mass is 10.2. The average molecular weight is 184 g/mol. The summed E-state index contributed by atoms with van der Waals surface area (Å²) in [4.78, 5) is 1.03. The highest BCUT2D eigenvalue weighted by Crippen LogP contribution is 2.19. The predicted molar refractivity (Wildman–Crippen MR) is 55.4 cm³/mol. The van der Waals surface area contributed by atoms with Crippen LogP contribution in [0.25, 0.3) is 0 Å². The highest BCUT2D eigenvalue weighted by molar-refractivity contribution is 8.02. The standard InChI is InChI=1S/C10H16OS/c1-4-12(3,11)10-8-6-5-7-9(10)2/h5-8,12H,4H2,1-3H3. The lowest BCUT2D eigenvalue weighted by Crippen LogP contribution is -2.13. The van der Waals surface area contributed by atoms with Crippen molar-refractivity contribution in [3.8, 4) is 0 Å². The van der Waals surface area contributed by atoms with Gasteiger partial charge in [-0.15, -0.1) is 0 Å². The first kappa shape index (κ1) is 9.46. The molecule has 0 saturated heterocycles. The molecular formula is C10H16OS. The third kappa shape index (κ3) is 1.75. The Morgan fingerprint density at radius 2 is 1.92 bits per heavy atom. The predicted octanol–water partition coefficient (Wildman–Crippen LogP) is 2.02. The Balaban J connectivity index is 3.20. The summed E-state index contributed by atoms with van der Waals surface area (Å²) in [6, 6.07) is 7.92. The first-order chi connectivity index (χ1) is 5.58. The molecule has 0 aliphatic rings. The maximum absolute atomic E-state index is 12.0. The molecule has 0 atom stereocenters. The van der Waals surface area contributed by atoms with E-state index >= 15 is 0 Å². The second-order valence-electron chi connectivity index (χ2n) is 3.20. The summed E-state index contributed by atoms with van der Waals surface area (Å²) in [5.41, 5.74) is 1.14. The van der Waals surface area contributed by atoms with Crippen LogP contribution in [0.15, 0.2) is 29.2 Å². The van der Waals surface area contributed by atoms with Gasteiger partial charge in [0.05, 0.1) is 0 Å². The van der Waals surface area contributed by atoms with Gasteiger partial charge in [-0.25, -0.2) is 0 Å². The van der Waals surface area contributed by atoms with Gasteiger partial charge in [-0.1, -0.05) is 35.1 Å². The van der Waals surface area contributed by atoms with Crippen molar-refractivity contribution < 1.29 is 4.21 Å². The quantitative estimate of drug-likeness (QED) is 0.696. The van der Waals surface area contributed by atoms with E-state index in [0.717, 1.165) is 16.2 Å². The lowest BCUT2D eigenvalue weighted by molar-refractivity contribution is 0.674. The Morgan fingerprint density at radius 1 is 1.33 bits per heavy atom. The van der Waals surface area contributed by atoms with Gasteiger partial charge >= 0.3 is 0 Å². The molecular weight excluding hydrogens is 168 g/mol. The Kier molecular flexibility index (Phi) is 2.68. The monoisotopic (exact) mass is 184 g/mol. The van der Waals surface area contributed by atoms with Crippen molar-refractivity contribution in [3.63, 3.8) is 0 Å². The minimum absolute atomic E-state index is 0.748. The Labute approximate surface area is 75.2 Å². The van der Waals surface area contributed by atoms with Crippen LogP contribution in [0.3, 0.4) is 0 Å². The van der Waals surface area contributed by atoms with E-state index in [2.05, 4.69) is 0 Å². The molecule has 0 aliphatic carbocycles. The summed E-state index contributed by atoms with van der Waals surface area (Å²) in [6.45, 7) is 3.99. The fourth-order valence-electron chi connectivity index (χ4n) is 1.26. The zero-order chi connectivity index (χ0) is 9.19. The molecule has 0 bridgehead atoms. The first-order valence-corrected chi connectivity index (χ1v) is 6.54. The van der Waals surface area contributed by atoms with Crippen LogP contribution in [-0.2, 0) is 9.93 Å². The number of aryl methyl sites for hydroxylation is 1. The highest BCUT2D eigenvalue weighted by Gasteiger charge is 2.10. The van der Waals surface area contributed by atoms with E-state index in [-0.39, 0.29) is 0 Å². The van der Waals surface area contributed by atoms with Gasteiger partial charge in [0.25, 0.3) is 0 Å². The van der Waals surface area contributed by atoms with Crippen LogP contribution in [0.4, 0.5) is 0 Å². The molecule has 0 radical (unpaired) electrons. The summed E-state index contributed by atoms with van der Waals surface area (Å²) >= 11 is 0. The Bertz CT molecular complexity index is 317. The van der Waals surface area contributed by atoms with E-state index < -0.39 is 9.93 Å². The van der Waals surface area contributed by atoms with Gasteiger partial charge in [0, 0.05) is 10.6 Å². The van der Waals surface area contributed by atoms with E-state index in [1.807, 2.05) is 44.4 Å². The molecule has 1 aromatic carbocycles. The van der Waals surface area contributed by atoms with Crippen LogP contribution in [0.1, 0.15) is 12.5 Å². The van der Waals surface area contributed by atoms with Crippen LogP contribution in [0.5, 0.6) is 0 Å². The molecule has 1 aromatic rings. The van der Waals surface area contributed by atoms with Crippen molar-refractivity contribution in [1.29, 1.82) is 0 Å². The smallest absolute Gasteiger partial charge is 0.0173 e. The minimum Gasteiger partial charge on any atom is -0.281 e. The average Bonchev–Trinajstić information content (AvgIpc) is 2.05. The number of benzene rings is 1. The molecule has 2 heteroatoms. The summed E-state index contributed by atoms with van der Waals surface area (Å²) in [5.74, 6) is 0.748. The third-order valence-electron chi connectivity index (χ3n) is 2.23. The topological polar surface area (TPSA) is 17.1 Å². The van der Waals surface area contributed by atoms with Gasteiger partial charge in [-0.05, 0) is 24.8 Å². The zero-order valence-corrected chi connectivity index (χ0v) is 8.77. The molecule has 68 valence electrons. The van der Waals surface area contributed by atoms with Crippen LogP contribution < -0.4 is 0 Å². The van der Waals surface area contributed by atoms with Gasteiger partial charge in [0.15, 0.2) is 0 Å². The number of hydrogen-bond acceptors (Lipinski definition) is 1. The van der Waals surface area contributed by atoms with Crippen LogP contribution >= 0.6 is 0 Å². The molecule has 12 heavy (non-hydrogen) atoms. The Morgan fingerprint density at radius 3 is 2.42 bits per heavy atom. The largest absolute Gasteiger partial charge is 0.281 e. The fraction of sp³-hybridized carbons (Fsp3) is 0.400. The van der Waals surface area contributed by atoms with E-state index in [1.165, 1.54) is 0 Å². The van der Waals surface area contributed by atoms with E-state index in [9.17, 15) is 4.21 Å². The maximum Gasteiger partial charge on any atom is 0.0173 e. The van der Waals surface area contributed by atoms with Crippen molar-refractivity contribution in [2.45, 2.75) is 18.7 Å². The van der Waals surface area contributed by atoms with Crippen molar-refractivity contribution in [2.75, 3.05) is 12.0 Å². The molecule has 1 nitrogen and oxygen atoms in total.